The van der Waals surface area contributed by atoms with E-state index in [1.54, 1.807) is 13.8 Å². The molecular formula is C23H24F2N2O5S. The molecule has 7 nitrogen and oxygen atoms in total. The molecule has 33 heavy (non-hydrogen) atoms. The summed E-state index contributed by atoms with van der Waals surface area (Å²) < 4.78 is 57.2. The Bertz CT molecular complexity index is 1310. The molecule has 3 rings (SSSR count). The lowest BCUT2D eigenvalue weighted by molar-refractivity contribution is 0.0640. The van der Waals surface area contributed by atoms with Gasteiger partial charge < -0.3 is 9.84 Å². The summed E-state index contributed by atoms with van der Waals surface area (Å²) in [6.45, 7) is 3.42. The second kappa shape index (κ2) is 9.40. The number of ether oxygens (including phenoxy) is 1. The van der Waals surface area contributed by atoms with Crippen LogP contribution in [0.2, 0.25) is 0 Å². The largest absolute Gasteiger partial charge is 0.487 e. The summed E-state index contributed by atoms with van der Waals surface area (Å²) in [5.74, 6) is -2.27. The number of benzene rings is 2. The molecule has 10 heteroatoms. The molecular weight excluding hydrogens is 454 g/mol. The Morgan fingerprint density at radius 2 is 1.76 bits per heavy atom. The van der Waals surface area contributed by atoms with Crippen LogP contribution in [-0.2, 0) is 9.84 Å². The van der Waals surface area contributed by atoms with Crippen LogP contribution in [0.15, 0.2) is 58.4 Å². The smallest absolute Gasteiger partial charge is 0.314 e. The van der Waals surface area contributed by atoms with Gasteiger partial charge in [-0.3, -0.25) is 4.79 Å². The lowest BCUT2D eigenvalue weighted by Crippen LogP contribution is -2.25. The first-order chi connectivity index (χ1) is 15.4. The predicted octanol–water partition coefficient (Wildman–Crippen LogP) is 3.51. The van der Waals surface area contributed by atoms with Crippen molar-refractivity contribution in [2.75, 3.05) is 12.9 Å². The van der Waals surface area contributed by atoms with Crippen molar-refractivity contribution >= 4 is 9.84 Å². The van der Waals surface area contributed by atoms with Crippen LogP contribution in [0.4, 0.5) is 8.78 Å². The Balaban J connectivity index is 2.05. The zero-order chi connectivity index (χ0) is 24.4. The van der Waals surface area contributed by atoms with E-state index in [1.807, 2.05) is 0 Å². The van der Waals surface area contributed by atoms with Gasteiger partial charge in [-0.15, -0.1) is 0 Å². The van der Waals surface area contributed by atoms with Crippen molar-refractivity contribution in [2.45, 2.75) is 37.2 Å². The Hall–Kier alpha value is -3.11. The number of hydrogen-bond donors (Lipinski definition) is 1. The quantitative estimate of drug-likeness (QED) is 0.498. The van der Waals surface area contributed by atoms with Crippen LogP contribution in [0.5, 0.6) is 5.75 Å². The number of aliphatic hydroxyl groups is 1. The fourth-order valence-electron chi connectivity index (χ4n) is 3.14. The zero-order valence-electron chi connectivity index (χ0n) is 18.4. The van der Waals surface area contributed by atoms with Crippen molar-refractivity contribution in [2.24, 2.45) is 0 Å². The highest BCUT2D eigenvalue weighted by molar-refractivity contribution is 7.90. The molecule has 0 unspecified atom stereocenters. The van der Waals surface area contributed by atoms with Crippen molar-refractivity contribution < 1.29 is 27.0 Å². The number of rotatable bonds is 8. The predicted molar refractivity (Wildman–Crippen MR) is 119 cm³/mol. The minimum absolute atomic E-state index is 0.0132. The molecule has 176 valence electrons. The average Bonchev–Trinajstić information content (AvgIpc) is 2.73. The van der Waals surface area contributed by atoms with Gasteiger partial charge in [0.15, 0.2) is 27.2 Å². The van der Waals surface area contributed by atoms with Gasteiger partial charge in [-0.1, -0.05) is 12.1 Å². The molecule has 0 fully saturated rings. The van der Waals surface area contributed by atoms with Crippen LogP contribution < -0.4 is 10.3 Å². The van der Waals surface area contributed by atoms with Crippen LogP contribution in [0.25, 0.3) is 16.8 Å². The zero-order valence-corrected chi connectivity index (χ0v) is 19.2. The molecule has 0 radical (unpaired) electrons. The summed E-state index contributed by atoms with van der Waals surface area (Å²) in [6, 6.07) is 8.82. The van der Waals surface area contributed by atoms with E-state index < -0.39 is 32.6 Å². The van der Waals surface area contributed by atoms with Gasteiger partial charge in [0.05, 0.1) is 29.0 Å². The van der Waals surface area contributed by atoms with Crippen molar-refractivity contribution in [3.8, 4) is 22.6 Å². The third kappa shape index (κ3) is 6.02. The molecule has 0 amide bonds. The summed E-state index contributed by atoms with van der Waals surface area (Å²) >= 11 is 0. The third-order valence-corrected chi connectivity index (χ3v) is 5.98. The molecule has 0 atom stereocenters. The number of sulfone groups is 1. The van der Waals surface area contributed by atoms with Crippen molar-refractivity contribution in [1.29, 1.82) is 0 Å². The molecule has 0 saturated carbocycles. The van der Waals surface area contributed by atoms with Gasteiger partial charge in [-0.05, 0) is 56.5 Å². The van der Waals surface area contributed by atoms with Crippen LogP contribution in [0.3, 0.4) is 0 Å². The highest BCUT2D eigenvalue weighted by atomic mass is 32.2. The molecule has 2 aromatic carbocycles. The van der Waals surface area contributed by atoms with Crippen LogP contribution in [-0.4, -0.2) is 41.8 Å². The second-order valence-corrected chi connectivity index (χ2v) is 10.3. The van der Waals surface area contributed by atoms with E-state index >= 15 is 0 Å². The van der Waals surface area contributed by atoms with Gasteiger partial charge in [-0.2, -0.15) is 9.78 Å². The first kappa shape index (κ1) is 24.5. The molecule has 1 heterocycles. The lowest BCUT2D eigenvalue weighted by Gasteiger charge is -2.17. The second-order valence-electron chi connectivity index (χ2n) is 8.26. The van der Waals surface area contributed by atoms with Crippen molar-refractivity contribution in [3.63, 3.8) is 0 Å². The van der Waals surface area contributed by atoms with E-state index in [0.717, 1.165) is 23.1 Å². The Kier molecular flexibility index (Phi) is 6.99. The topological polar surface area (TPSA) is 98.5 Å². The van der Waals surface area contributed by atoms with Gasteiger partial charge in [0.1, 0.15) is 0 Å². The number of hydrogen-bond acceptors (Lipinski definition) is 6. The molecule has 0 aliphatic carbocycles. The molecule has 0 bridgehead atoms. The number of halogens is 2. The fourth-order valence-corrected chi connectivity index (χ4v) is 3.77. The molecule has 0 aliphatic rings. The maximum Gasteiger partial charge on any atom is 0.314 e. The van der Waals surface area contributed by atoms with Gasteiger partial charge >= 0.3 is 5.56 Å². The maximum atomic E-state index is 13.7. The summed E-state index contributed by atoms with van der Waals surface area (Å²) in [5.41, 5.74) is -0.796. The highest BCUT2D eigenvalue weighted by Crippen LogP contribution is 2.28. The van der Waals surface area contributed by atoms with Gasteiger partial charge in [0.2, 0.25) is 0 Å². The summed E-state index contributed by atoms with van der Waals surface area (Å²) in [6.07, 6.45) is 3.30. The standard InChI is InChI=1S/C23H24F2N2O5S/c1-23(2,29)11-4-12-32-21-18(15-5-8-17(9-6-15)33(3,30)31)14-26-27(22(21)28)16-7-10-19(24)20(25)13-16/h5-10,13-14,29H,4,11-12H2,1-3H3. The Morgan fingerprint density at radius 3 is 2.33 bits per heavy atom. The summed E-state index contributed by atoms with van der Waals surface area (Å²) in [4.78, 5) is 13.3. The van der Waals surface area contributed by atoms with E-state index in [0.29, 0.717) is 24.0 Å². The van der Waals surface area contributed by atoms with E-state index in [1.165, 1.54) is 36.5 Å². The molecule has 1 aromatic heterocycles. The molecule has 3 aromatic rings. The fraction of sp³-hybridized carbons (Fsp3) is 0.304. The molecule has 0 saturated heterocycles. The first-order valence-electron chi connectivity index (χ1n) is 10.1. The maximum absolute atomic E-state index is 13.7. The first-order valence-corrected chi connectivity index (χ1v) is 12.0. The van der Waals surface area contributed by atoms with Crippen molar-refractivity contribution in [1.82, 2.24) is 9.78 Å². The van der Waals surface area contributed by atoms with Crippen LogP contribution >= 0.6 is 0 Å². The number of aromatic nitrogens is 2. The summed E-state index contributed by atoms with van der Waals surface area (Å²) in [7, 11) is -3.40. The Labute approximate surface area is 190 Å². The molecule has 0 aliphatic heterocycles. The normalized spacial score (nSPS) is 12.1. The van der Waals surface area contributed by atoms with E-state index in [9.17, 15) is 27.1 Å². The highest BCUT2D eigenvalue weighted by Gasteiger charge is 2.18. The van der Waals surface area contributed by atoms with Crippen molar-refractivity contribution in [3.05, 3.63) is 70.6 Å². The molecule has 0 spiro atoms. The van der Waals surface area contributed by atoms with Gasteiger partial charge in [-0.25, -0.2) is 17.2 Å². The van der Waals surface area contributed by atoms with Gasteiger partial charge in [0, 0.05) is 17.9 Å². The minimum atomic E-state index is -3.40. The SMILES string of the molecule is CC(C)(O)CCCOc1c(-c2ccc(S(C)(=O)=O)cc2)cnn(-c2ccc(F)c(F)c2)c1=O. The number of nitrogens with zero attached hydrogens (tertiary/aromatic N) is 2. The third-order valence-electron chi connectivity index (χ3n) is 4.85. The lowest BCUT2D eigenvalue weighted by atomic mass is 10.0. The van der Waals surface area contributed by atoms with E-state index in [-0.39, 0.29) is 22.9 Å². The van der Waals surface area contributed by atoms with E-state index in [4.69, 9.17) is 4.74 Å². The van der Waals surface area contributed by atoms with Gasteiger partial charge in [0.25, 0.3) is 0 Å². The monoisotopic (exact) mass is 478 g/mol. The Morgan fingerprint density at radius 1 is 1.09 bits per heavy atom. The minimum Gasteiger partial charge on any atom is -0.487 e. The van der Waals surface area contributed by atoms with Crippen LogP contribution in [0.1, 0.15) is 26.7 Å². The molecule has 1 N–H and O–H groups in total. The summed E-state index contributed by atoms with van der Waals surface area (Å²) in [5, 5.41) is 14.0. The average molecular weight is 479 g/mol. The van der Waals surface area contributed by atoms with Crippen LogP contribution in [0, 0.1) is 11.6 Å². The van der Waals surface area contributed by atoms with E-state index in [2.05, 4.69) is 5.10 Å².